The molecule has 1 amide bonds. The van der Waals surface area contributed by atoms with E-state index in [9.17, 15) is 9.59 Å². The predicted octanol–water partition coefficient (Wildman–Crippen LogP) is 2.32. The van der Waals surface area contributed by atoms with E-state index in [1.54, 1.807) is 12.1 Å². The van der Waals surface area contributed by atoms with Crippen LogP contribution in [0.15, 0.2) is 16.7 Å². The molecule has 0 aliphatic carbocycles. The summed E-state index contributed by atoms with van der Waals surface area (Å²) >= 11 is 6.17. The minimum Gasteiger partial charge on any atom is -0.493 e. The first-order valence-corrected chi connectivity index (χ1v) is 8.55. The van der Waals surface area contributed by atoms with Crippen LogP contribution in [0.2, 0.25) is 5.02 Å². The zero-order chi connectivity index (χ0) is 19.8. The molecule has 27 heavy (non-hydrogen) atoms. The van der Waals surface area contributed by atoms with Gasteiger partial charge in [-0.1, -0.05) is 16.8 Å². The molecule has 0 saturated carbocycles. The second kappa shape index (κ2) is 9.77. The summed E-state index contributed by atoms with van der Waals surface area (Å²) in [5, 5.41) is 15.4. The molecule has 0 aliphatic heterocycles. The molecule has 1 aromatic heterocycles. The number of benzene rings is 1. The van der Waals surface area contributed by atoms with Crippen LogP contribution in [0.25, 0.3) is 11.4 Å². The molecule has 0 aliphatic rings. The Morgan fingerprint density at radius 2 is 2.04 bits per heavy atom. The Morgan fingerprint density at radius 3 is 2.70 bits per heavy atom. The molecule has 9 nitrogen and oxygen atoms in total. The Bertz CT molecular complexity index is 808. The number of carbonyl (C=O) groups excluding carboxylic acids is 1. The second-order valence-corrected chi connectivity index (χ2v) is 5.96. The van der Waals surface area contributed by atoms with Gasteiger partial charge in [0.25, 0.3) is 0 Å². The van der Waals surface area contributed by atoms with Crippen LogP contribution in [0.4, 0.5) is 0 Å². The highest BCUT2D eigenvalue weighted by atomic mass is 35.5. The van der Waals surface area contributed by atoms with Crippen LogP contribution in [0.5, 0.6) is 11.5 Å². The van der Waals surface area contributed by atoms with E-state index in [0.717, 1.165) is 0 Å². The lowest BCUT2D eigenvalue weighted by atomic mass is 10.2. The summed E-state index contributed by atoms with van der Waals surface area (Å²) in [5.41, 5.74) is 0.589. The Labute approximate surface area is 160 Å². The van der Waals surface area contributed by atoms with Gasteiger partial charge in [-0.05, 0) is 18.6 Å². The number of hydrogen-bond donors (Lipinski definition) is 2. The molecule has 0 bridgehead atoms. The van der Waals surface area contributed by atoms with Crippen molar-refractivity contribution in [2.45, 2.75) is 25.7 Å². The highest BCUT2D eigenvalue weighted by Gasteiger charge is 2.16. The van der Waals surface area contributed by atoms with Gasteiger partial charge in [0, 0.05) is 31.4 Å². The normalized spacial score (nSPS) is 10.5. The van der Waals surface area contributed by atoms with Gasteiger partial charge in [0.2, 0.25) is 17.6 Å². The molecule has 0 spiro atoms. The van der Waals surface area contributed by atoms with Gasteiger partial charge in [0.05, 0.1) is 19.2 Å². The van der Waals surface area contributed by atoms with Crippen LogP contribution >= 0.6 is 11.6 Å². The predicted molar refractivity (Wildman–Crippen MR) is 96.0 cm³/mol. The van der Waals surface area contributed by atoms with E-state index in [1.807, 2.05) is 0 Å². The molecule has 2 N–H and O–H groups in total. The van der Waals surface area contributed by atoms with Crippen molar-refractivity contribution >= 4 is 23.5 Å². The van der Waals surface area contributed by atoms with E-state index in [0.29, 0.717) is 46.8 Å². The minimum atomic E-state index is -0.891. The minimum absolute atomic E-state index is 0.0151. The summed E-state index contributed by atoms with van der Waals surface area (Å²) in [6, 6.07) is 3.31. The lowest BCUT2D eigenvalue weighted by molar-refractivity contribution is -0.137. The Morgan fingerprint density at radius 1 is 1.26 bits per heavy atom. The third-order valence-corrected chi connectivity index (χ3v) is 3.90. The highest BCUT2D eigenvalue weighted by Crippen LogP contribution is 2.38. The molecule has 1 aromatic carbocycles. The van der Waals surface area contributed by atoms with E-state index in [-0.39, 0.29) is 25.2 Å². The number of ether oxygens (including phenoxy) is 2. The molecule has 0 fully saturated rings. The van der Waals surface area contributed by atoms with Crippen molar-refractivity contribution in [3.8, 4) is 22.9 Å². The topological polar surface area (TPSA) is 124 Å². The number of aliphatic carboxylic acids is 1. The highest BCUT2D eigenvalue weighted by molar-refractivity contribution is 6.32. The van der Waals surface area contributed by atoms with E-state index in [4.69, 9.17) is 30.7 Å². The molecular weight excluding hydrogens is 378 g/mol. The molecule has 0 unspecified atom stereocenters. The lowest BCUT2D eigenvalue weighted by Crippen LogP contribution is -2.25. The summed E-state index contributed by atoms with van der Waals surface area (Å²) < 4.78 is 15.6. The average Bonchev–Trinajstić information content (AvgIpc) is 3.11. The van der Waals surface area contributed by atoms with E-state index < -0.39 is 5.97 Å². The molecule has 0 atom stereocenters. The van der Waals surface area contributed by atoms with Gasteiger partial charge in [-0.25, -0.2) is 0 Å². The summed E-state index contributed by atoms with van der Waals surface area (Å²) in [6.45, 7) is 0.310. The van der Waals surface area contributed by atoms with Crippen LogP contribution < -0.4 is 14.8 Å². The number of hydrogen-bond acceptors (Lipinski definition) is 7. The van der Waals surface area contributed by atoms with Crippen molar-refractivity contribution in [1.82, 2.24) is 15.5 Å². The zero-order valence-electron chi connectivity index (χ0n) is 15.0. The summed E-state index contributed by atoms with van der Waals surface area (Å²) in [4.78, 5) is 26.4. The number of carboxylic acids is 1. The number of aryl methyl sites for hydroxylation is 1. The largest absolute Gasteiger partial charge is 0.493 e. The maximum absolute atomic E-state index is 11.7. The third-order valence-electron chi connectivity index (χ3n) is 3.62. The fourth-order valence-corrected chi connectivity index (χ4v) is 2.58. The molecule has 1 heterocycles. The van der Waals surface area contributed by atoms with Crippen molar-refractivity contribution in [3.63, 3.8) is 0 Å². The van der Waals surface area contributed by atoms with Crippen molar-refractivity contribution in [2.24, 2.45) is 0 Å². The number of aromatic nitrogens is 2. The van der Waals surface area contributed by atoms with Crippen LogP contribution in [0.1, 0.15) is 25.2 Å². The van der Waals surface area contributed by atoms with E-state index in [2.05, 4.69) is 15.5 Å². The summed E-state index contributed by atoms with van der Waals surface area (Å²) in [5.74, 6) is 0.358. The van der Waals surface area contributed by atoms with Gasteiger partial charge in [-0.3, -0.25) is 9.59 Å². The number of methoxy groups -OCH3 is 2. The monoisotopic (exact) mass is 397 g/mol. The quantitative estimate of drug-likeness (QED) is 0.585. The van der Waals surface area contributed by atoms with Gasteiger partial charge < -0.3 is 24.4 Å². The van der Waals surface area contributed by atoms with Crippen LogP contribution in [0, 0.1) is 0 Å². The van der Waals surface area contributed by atoms with Crippen molar-refractivity contribution in [1.29, 1.82) is 0 Å². The first kappa shape index (κ1) is 20.5. The fourth-order valence-electron chi connectivity index (χ4n) is 2.30. The number of carbonyl (C=O) groups is 2. The van der Waals surface area contributed by atoms with Crippen molar-refractivity contribution < 1.29 is 28.7 Å². The fraction of sp³-hybridized carbons (Fsp3) is 0.412. The lowest BCUT2D eigenvalue weighted by Gasteiger charge is -2.10. The summed E-state index contributed by atoms with van der Waals surface area (Å²) in [6.07, 6.45) is 0.813. The Hall–Kier alpha value is -2.81. The second-order valence-electron chi connectivity index (χ2n) is 5.55. The first-order valence-electron chi connectivity index (χ1n) is 8.17. The van der Waals surface area contributed by atoms with E-state index >= 15 is 0 Å². The number of nitrogens with zero attached hydrogens (tertiary/aromatic N) is 2. The standard InChI is InChI=1S/C17H20ClN3O6/c1-25-12-9-10(8-11(18)16(12)26-2)17-20-14(27-21-17)6-5-13(22)19-7-3-4-15(23)24/h8-9H,3-7H2,1-2H3,(H,19,22)(H,23,24). The van der Waals surface area contributed by atoms with Gasteiger partial charge in [-0.15, -0.1) is 0 Å². The molecule has 0 saturated heterocycles. The number of carboxylic acid groups (broad SMARTS) is 1. The number of amides is 1. The smallest absolute Gasteiger partial charge is 0.303 e. The van der Waals surface area contributed by atoms with Crippen LogP contribution in [-0.2, 0) is 16.0 Å². The zero-order valence-corrected chi connectivity index (χ0v) is 15.7. The Balaban J connectivity index is 1.94. The van der Waals surface area contributed by atoms with Crippen molar-refractivity contribution in [2.75, 3.05) is 20.8 Å². The molecule has 2 rings (SSSR count). The molecule has 146 valence electrons. The first-order chi connectivity index (χ1) is 12.9. The van der Waals surface area contributed by atoms with Gasteiger partial charge in [-0.2, -0.15) is 4.98 Å². The molecule has 0 radical (unpaired) electrons. The number of halogens is 1. The van der Waals surface area contributed by atoms with Gasteiger partial charge in [0.15, 0.2) is 11.5 Å². The Kier molecular flexibility index (Phi) is 7.42. The number of rotatable bonds is 10. The third kappa shape index (κ3) is 5.85. The van der Waals surface area contributed by atoms with E-state index in [1.165, 1.54) is 14.2 Å². The molecule has 2 aromatic rings. The van der Waals surface area contributed by atoms with Crippen LogP contribution in [0.3, 0.4) is 0 Å². The molecular formula is C17H20ClN3O6. The summed E-state index contributed by atoms with van der Waals surface area (Å²) in [7, 11) is 2.98. The molecule has 10 heteroatoms. The maximum Gasteiger partial charge on any atom is 0.303 e. The van der Waals surface area contributed by atoms with Crippen molar-refractivity contribution in [3.05, 3.63) is 23.0 Å². The average molecular weight is 398 g/mol. The van der Waals surface area contributed by atoms with Gasteiger partial charge >= 0.3 is 5.97 Å². The van der Waals surface area contributed by atoms with Gasteiger partial charge in [0.1, 0.15) is 0 Å². The SMILES string of the molecule is COc1cc(-c2noc(CCC(=O)NCCCC(=O)O)n2)cc(Cl)c1OC. The van der Waals surface area contributed by atoms with Crippen LogP contribution in [-0.4, -0.2) is 47.9 Å². The number of nitrogens with one attached hydrogen (secondary N) is 1. The maximum atomic E-state index is 11.7.